The van der Waals surface area contributed by atoms with Crippen molar-refractivity contribution >= 4 is 5.91 Å². The van der Waals surface area contributed by atoms with Gasteiger partial charge in [-0.05, 0) is 42.0 Å². The number of hydrogen-bond donors (Lipinski definition) is 2. The summed E-state index contributed by atoms with van der Waals surface area (Å²) in [5.41, 5.74) is 1.48. The summed E-state index contributed by atoms with van der Waals surface area (Å²) < 4.78 is 40.4. The minimum atomic E-state index is -1.07. The number of halogens is 3. The average Bonchev–Trinajstić information content (AvgIpc) is 3.29. The van der Waals surface area contributed by atoms with Crippen LogP contribution in [0.15, 0.2) is 60.8 Å². The van der Waals surface area contributed by atoms with E-state index in [4.69, 9.17) is 0 Å². The number of benzene rings is 2. The fourth-order valence-corrected chi connectivity index (χ4v) is 2.84. The van der Waals surface area contributed by atoms with Crippen molar-refractivity contribution in [1.82, 2.24) is 30.9 Å². The molecule has 0 bridgehead atoms. The van der Waals surface area contributed by atoms with Crippen LogP contribution in [0.3, 0.4) is 0 Å². The summed E-state index contributed by atoms with van der Waals surface area (Å²) in [7, 11) is 0. The normalized spacial score (nSPS) is 11.8. The third kappa shape index (κ3) is 4.02. The van der Waals surface area contributed by atoms with Crippen molar-refractivity contribution in [2.45, 2.75) is 6.04 Å². The molecule has 10 heteroatoms. The number of carbonyl (C=O) groups is 1. The van der Waals surface area contributed by atoms with Crippen molar-refractivity contribution in [2.75, 3.05) is 0 Å². The van der Waals surface area contributed by atoms with Gasteiger partial charge in [0.25, 0.3) is 5.91 Å². The van der Waals surface area contributed by atoms with Crippen molar-refractivity contribution in [3.63, 3.8) is 0 Å². The predicted octanol–water partition coefficient (Wildman–Crippen LogP) is 3.20. The smallest absolute Gasteiger partial charge is 0.253 e. The maximum Gasteiger partial charge on any atom is 0.253 e. The zero-order chi connectivity index (χ0) is 21.1. The molecule has 1 unspecified atom stereocenters. The number of nitrogens with zero attached hydrogens (tertiary/aromatic N) is 4. The lowest BCUT2D eigenvalue weighted by atomic mass is 10.1. The molecule has 0 saturated heterocycles. The monoisotopic (exact) mass is 410 g/mol. The molecule has 30 heavy (non-hydrogen) atoms. The number of aromatic nitrogens is 5. The zero-order valence-corrected chi connectivity index (χ0v) is 15.2. The van der Waals surface area contributed by atoms with Gasteiger partial charge < -0.3 is 5.32 Å². The Bertz CT molecular complexity index is 1180. The van der Waals surface area contributed by atoms with Crippen molar-refractivity contribution < 1.29 is 18.0 Å². The van der Waals surface area contributed by atoms with E-state index in [9.17, 15) is 18.0 Å². The van der Waals surface area contributed by atoms with Crippen LogP contribution in [-0.2, 0) is 0 Å². The second-order valence-corrected chi connectivity index (χ2v) is 6.29. The molecule has 2 heterocycles. The molecule has 2 N–H and O–H groups in total. The van der Waals surface area contributed by atoms with Gasteiger partial charge in [0.05, 0.1) is 11.3 Å². The molecular formula is C20H13F3N6O. The molecule has 0 aliphatic heterocycles. The van der Waals surface area contributed by atoms with Crippen LogP contribution in [0.4, 0.5) is 13.2 Å². The fraction of sp³-hybridized carbons (Fsp3) is 0.0500. The van der Waals surface area contributed by atoms with Crippen LogP contribution in [0.5, 0.6) is 0 Å². The molecule has 0 fully saturated rings. The van der Waals surface area contributed by atoms with E-state index in [1.807, 2.05) is 0 Å². The van der Waals surface area contributed by atoms with Crippen molar-refractivity contribution in [3.05, 3.63) is 95.2 Å². The number of tetrazole rings is 1. The van der Waals surface area contributed by atoms with Crippen LogP contribution in [0.25, 0.3) is 11.3 Å². The molecule has 1 atom stereocenters. The molecule has 0 radical (unpaired) electrons. The lowest BCUT2D eigenvalue weighted by Gasteiger charge is -2.16. The van der Waals surface area contributed by atoms with Crippen molar-refractivity contribution in [1.29, 1.82) is 0 Å². The first kappa shape index (κ1) is 19.2. The molecule has 2 aromatic carbocycles. The highest BCUT2D eigenvalue weighted by atomic mass is 19.2. The first-order chi connectivity index (χ1) is 14.5. The van der Waals surface area contributed by atoms with E-state index in [-0.39, 0.29) is 17.0 Å². The maximum atomic E-state index is 13.7. The van der Waals surface area contributed by atoms with E-state index in [1.54, 1.807) is 18.2 Å². The lowest BCUT2D eigenvalue weighted by Crippen LogP contribution is -2.30. The molecule has 2 aromatic heterocycles. The third-order valence-corrected chi connectivity index (χ3v) is 4.32. The number of pyridine rings is 1. The molecule has 4 rings (SSSR count). The predicted molar refractivity (Wildman–Crippen MR) is 99.5 cm³/mol. The first-order valence-electron chi connectivity index (χ1n) is 8.72. The summed E-state index contributed by atoms with van der Waals surface area (Å²) in [6, 6.07) is 11.2. The number of H-pyrrole nitrogens is 1. The van der Waals surface area contributed by atoms with E-state index < -0.39 is 29.4 Å². The summed E-state index contributed by atoms with van der Waals surface area (Å²) in [4.78, 5) is 16.9. The highest BCUT2D eigenvalue weighted by Crippen LogP contribution is 2.22. The molecule has 0 spiro atoms. The van der Waals surface area contributed by atoms with Gasteiger partial charge >= 0.3 is 0 Å². The van der Waals surface area contributed by atoms with E-state index in [2.05, 4.69) is 30.9 Å². The second kappa shape index (κ2) is 8.11. The van der Waals surface area contributed by atoms with Crippen LogP contribution >= 0.6 is 0 Å². The van der Waals surface area contributed by atoms with Gasteiger partial charge in [0.2, 0.25) is 5.82 Å². The molecule has 7 nitrogen and oxygen atoms in total. The van der Waals surface area contributed by atoms with Crippen LogP contribution in [0.1, 0.15) is 27.8 Å². The Balaban J connectivity index is 1.59. The molecular weight excluding hydrogens is 397 g/mol. The average molecular weight is 410 g/mol. The maximum absolute atomic E-state index is 13.7. The minimum absolute atomic E-state index is 0.0682. The number of nitrogens with one attached hydrogen (secondary N) is 2. The summed E-state index contributed by atoms with van der Waals surface area (Å²) >= 11 is 0. The lowest BCUT2D eigenvalue weighted by molar-refractivity contribution is 0.0941. The Morgan fingerprint density at radius 1 is 1.00 bits per heavy atom. The zero-order valence-electron chi connectivity index (χ0n) is 15.2. The van der Waals surface area contributed by atoms with Gasteiger partial charge in [0.15, 0.2) is 11.6 Å². The highest BCUT2D eigenvalue weighted by molar-refractivity contribution is 5.94. The Hall–Kier alpha value is -4.08. The van der Waals surface area contributed by atoms with E-state index in [0.717, 1.165) is 12.1 Å². The quantitative estimate of drug-likeness (QED) is 0.527. The largest absolute Gasteiger partial charge is 0.338 e. The fourth-order valence-electron chi connectivity index (χ4n) is 2.84. The number of rotatable bonds is 5. The highest BCUT2D eigenvalue weighted by Gasteiger charge is 2.23. The molecule has 0 aliphatic rings. The van der Waals surface area contributed by atoms with Gasteiger partial charge in [-0.1, -0.05) is 23.4 Å². The van der Waals surface area contributed by atoms with Crippen LogP contribution in [0.2, 0.25) is 0 Å². The van der Waals surface area contributed by atoms with Crippen LogP contribution < -0.4 is 5.32 Å². The molecule has 0 aliphatic carbocycles. The standard InChI is InChI=1S/C20H13F3N6O/c21-14-3-1-2-11(8-14)17-7-5-13(10-24-17)20(30)25-18(19-26-28-29-27-19)12-4-6-15(22)16(23)9-12/h1-10,18H,(H,25,30)(H,26,27,28,29). The Kier molecular flexibility index (Phi) is 5.21. The van der Waals surface area contributed by atoms with Crippen molar-refractivity contribution in [2.24, 2.45) is 0 Å². The summed E-state index contributed by atoms with van der Waals surface area (Å²) in [6.45, 7) is 0. The third-order valence-electron chi connectivity index (χ3n) is 4.32. The van der Waals surface area contributed by atoms with E-state index >= 15 is 0 Å². The SMILES string of the molecule is O=C(NC(c1ccc(F)c(F)c1)c1nn[nH]n1)c1ccc(-c2cccc(F)c2)nc1. The molecule has 0 saturated carbocycles. The summed E-state index contributed by atoms with van der Waals surface area (Å²) in [6.07, 6.45) is 1.33. The van der Waals surface area contributed by atoms with Gasteiger partial charge in [-0.15, -0.1) is 10.2 Å². The molecule has 150 valence electrons. The number of carbonyl (C=O) groups excluding carboxylic acids is 1. The van der Waals surface area contributed by atoms with Gasteiger partial charge in [-0.2, -0.15) is 5.21 Å². The Labute approximate surface area is 168 Å². The number of amides is 1. The van der Waals surface area contributed by atoms with Crippen molar-refractivity contribution in [3.8, 4) is 11.3 Å². The van der Waals surface area contributed by atoms with Gasteiger partial charge in [0, 0.05) is 11.8 Å². The van der Waals surface area contributed by atoms with Crippen LogP contribution in [0, 0.1) is 17.5 Å². The Morgan fingerprint density at radius 3 is 2.53 bits per heavy atom. The van der Waals surface area contributed by atoms with E-state index in [0.29, 0.717) is 11.3 Å². The first-order valence-corrected chi connectivity index (χ1v) is 8.72. The topological polar surface area (TPSA) is 96.5 Å². The summed E-state index contributed by atoms with van der Waals surface area (Å²) in [5.74, 6) is -2.97. The molecule has 1 amide bonds. The minimum Gasteiger partial charge on any atom is -0.338 e. The number of aromatic amines is 1. The second-order valence-electron chi connectivity index (χ2n) is 6.29. The number of hydrogen-bond acceptors (Lipinski definition) is 5. The van der Waals surface area contributed by atoms with Gasteiger partial charge in [-0.3, -0.25) is 9.78 Å². The molecule has 4 aromatic rings. The van der Waals surface area contributed by atoms with E-state index in [1.165, 1.54) is 30.5 Å². The Morgan fingerprint density at radius 2 is 1.87 bits per heavy atom. The van der Waals surface area contributed by atoms with Crippen LogP contribution in [-0.4, -0.2) is 31.5 Å². The summed E-state index contributed by atoms with van der Waals surface area (Å²) in [5, 5.41) is 16.0. The van der Waals surface area contributed by atoms with Gasteiger partial charge in [-0.25, -0.2) is 13.2 Å². The van der Waals surface area contributed by atoms with Gasteiger partial charge in [0.1, 0.15) is 11.9 Å².